The summed E-state index contributed by atoms with van der Waals surface area (Å²) in [5, 5.41) is 3.88. The third-order valence-electron chi connectivity index (χ3n) is 2.62. The van der Waals surface area contributed by atoms with Gasteiger partial charge in [0, 0.05) is 7.05 Å². The first kappa shape index (κ1) is 10.8. The molecule has 0 aliphatic heterocycles. The highest BCUT2D eigenvalue weighted by Crippen LogP contribution is 2.23. The minimum Gasteiger partial charge on any atom is -0.331 e. The van der Waals surface area contributed by atoms with Gasteiger partial charge in [-0.15, -0.1) is 5.10 Å². The summed E-state index contributed by atoms with van der Waals surface area (Å²) in [5.41, 5.74) is 0.318. The quantitative estimate of drug-likeness (QED) is 0.631. The molecule has 8 nitrogen and oxygen atoms in total. The SMILES string of the molecule is Cc1nnsc1-c1nc2c([nH]1)c(=O)[nH]c(=O)n2C. The second-order valence-corrected chi connectivity index (χ2v) is 4.54. The minimum atomic E-state index is -0.496. The number of nitrogens with zero attached hydrogens (tertiary/aromatic N) is 4. The van der Waals surface area contributed by atoms with E-state index in [1.54, 1.807) is 14.0 Å². The van der Waals surface area contributed by atoms with Crippen LogP contribution in [0.25, 0.3) is 21.9 Å². The van der Waals surface area contributed by atoms with Crippen molar-refractivity contribution in [1.82, 2.24) is 29.1 Å². The Morgan fingerprint density at radius 1 is 1.28 bits per heavy atom. The molecule has 3 rings (SSSR count). The van der Waals surface area contributed by atoms with Crippen LogP contribution in [-0.4, -0.2) is 29.1 Å². The topological polar surface area (TPSA) is 109 Å². The number of H-pyrrole nitrogens is 2. The number of aromatic amines is 2. The van der Waals surface area contributed by atoms with Crippen LogP contribution >= 0.6 is 11.5 Å². The highest BCUT2D eigenvalue weighted by Gasteiger charge is 2.15. The predicted molar refractivity (Wildman–Crippen MR) is 65.6 cm³/mol. The minimum absolute atomic E-state index is 0.264. The van der Waals surface area contributed by atoms with Crippen molar-refractivity contribution in [3.8, 4) is 10.7 Å². The summed E-state index contributed by atoms with van der Waals surface area (Å²) in [6, 6.07) is 0. The van der Waals surface area contributed by atoms with E-state index in [0.29, 0.717) is 11.5 Å². The lowest BCUT2D eigenvalue weighted by molar-refractivity contribution is 0.832. The Kier molecular flexibility index (Phi) is 2.17. The first-order valence-corrected chi connectivity index (χ1v) is 5.83. The molecule has 0 aliphatic carbocycles. The first-order chi connectivity index (χ1) is 8.58. The maximum atomic E-state index is 11.7. The van der Waals surface area contributed by atoms with Gasteiger partial charge in [0.2, 0.25) is 0 Å². The molecule has 3 heterocycles. The van der Waals surface area contributed by atoms with Crippen LogP contribution in [0.2, 0.25) is 0 Å². The Morgan fingerprint density at radius 2 is 2.06 bits per heavy atom. The van der Waals surface area contributed by atoms with Crippen LogP contribution in [0.5, 0.6) is 0 Å². The number of rotatable bonds is 1. The van der Waals surface area contributed by atoms with E-state index in [9.17, 15) is 9.59 Å². The van der Waals surface area contributed by atoms with Gasteiger partial charge in [0.25, 0.3) is 5.56 Å². The van der Waals surface area contributed by atoms with Gasteiger partial charge >= 0.3 is 5.69 Å². The van der Waals surface area contributed by atoms with Gasteiger partial charge in [0.05, 0.1) is 5.69 Å². The second kappa shape index (κ2) is 3.60. The molecule has 0 aromatic carbocycles. The van der Waals surface area contributed by atoms with Crippen molar-refractivity contribution in [1.29, 1.82) is 0 Å². The molecule has 0 bridgehead atoms. The van der Waals surface area contributed by atoms with E-state index in [-0.39, 0.29) is 5.52 Å². The third-order valence-corrected chi connectivity index (χ3v) is 3.46. The van der Waals surface area contributed by atoms with Crippen LogP contribution in [0, 0.1) is 6.92 Å². The molecule has 0 radical (unpaired) electrons. The number of hydrogen-bond donors (Lipinski definition) is 2. The summed E-state index contributed by atoms with van der Waals surface area (Å²) >= 11 is 1.18. The Bertz CT molecular complexity index is 854. The summed E-state index contributed by atoms with van der Waals surface area (Å²) in [6.45, 7) is 1.80. The molecule has 3 aromatic heterocycles. The lowest BCUT2D eigenvalue weighted by Crippen LogP contribution is -2.28. The summed E-state index contributed by atoms with van der Waals surface area (Å²) in [5.74, 6) is 0.490. The molecule has 18 heavy (non-hydrogen) atoms. The van der Waals surface area contributed by atoms with Gasteiger partial charge in [-0.25, -0.2) is 9.78 Å². The zero-order chi connectivity index (χ0) is 12.9. The molecule has 3 aromatic rings. The highest BCUT2D eigenvalue weighted by molar-refractivity contribution is 7.09. The zero-order valence-electron chi connectivity index (χ0n) is 9.51. The van der Waals surface area contributed by atoms with E-state index in [4.69, 9.17) is 0 Å². The van der Waals surface area contributed by atoms with Crippen LogP contribution in [0.1, 0.15) is 5.69 Å². The van der Waals surface area contributed by atoms with Crippen LogP contribution in [0.3, 0.4) is 0 Å². The van der Waals surface area contributed by atoms with E-state index in [2.05, 4.69) is 24.5 Å². The fourth-order valence-corrected chi connectivity index (χ4v) is 2.26. The molecule has 0 fully saturated rings. The van der Waals surface area contributed by atoms with Gasteiger partial charge in [-0.05, 0) is 18.5 Å². The van der Waals surface area contributed by atoms with Gasteiger partial charge in [-0.3, -0.25) is 14.3 Å². The van der Waals surface area contributed by atoms with Crippen molar-refractivity contribution in [2.45, 2.75) is 6.92 Å². The zero-order valence-corrected chi connectivity index (χ0v) is 10.3. The molecule has 92 valence electrons. The smallest absolute Gasteiger partial charge is 0.329 e. The van der Waals surface area contributed by atoms with Crippen molar-refractivity contribution >= 4 is 22.7 Å². The number of aromatic nitrogens is 6. The van der Waals surface area contributed by atoms with Crippen LogP contribution in [0.4, 0.5) is 0 Å². The highest BCUT2D eigenvalue weighted by atomic mass is 32.1. The number of hydrogen-bond acceptors (Lipinski definition) is 6. The number of aryl methyl sites for hydroxylation is 2. The van der Waals surface area contributed by atoms with Crippen molar-refractivity contribution in [3.63, 3.8) is 0 Å². The average Bonchev–Trinajstić information content (AvgIpc) is 2.92. The van der Waals surface area contributed by atoms with Crippen molar-refractivity contribution in [2.75, 3.05) is 0 Å². The predicted octanol–water partition coefficient (Wildman–Crippen LogP) is -0.223. The number of imidazole rings is 1. The first-order valence-electron chi connectivity index (χ1n) is 5.06. The Morgan fingerprint density at radius 3 is 2.72 bits per heavy atom. The van der Waals surface area contributed by atoms with Gasteiger partial charge in [0.1, 0.15) is 10.4 Å². The summed E-state index contributed by atoms with van der Waals surface area (Å²) < 4.78 is 5.09. The van der Waals surface area contributed by atoms with Crippen LogP contribution in [-0.2, 0) is 7.05 Å². The molecule has 0 unspecified atom stereocenters. The Labute approximate surface area is 103 Å². The molecule has 0 spiro atoms. The van der Waals surface area contributed by atoms with Crippen molar-refractivity contribution in [2.24, 2.45) is 7.05 Å². The molecule has 0 saturated heterocycles. The fourth-order valence-electron chi connectivity index (χ4n) is 1.66. The number of fused-ring (bicyclic) bond motifs is 1. The monoisotopic (exact) mass is 264 g/mol. The standard InChI is InChI=1S/C9H8N6O2S/c1-3-5(18-14-13-3)6-10-4-7(11-6)15(2)9(17)12-8(4)16/h1-2H3,(H,10,11)(H,12,16,17). The molecular weight excluding hydrogens is 256 g/mol. The van der Waals surface area contributed by atoms with Gasteiger partial charge in [0.15, 0.2) is 11.5 Å². The molecule has 0 atom stereocenters. The van der Waals surface area contributed by atoms with E-state index in [1.807, 2.05) is 0 Å². The fraction of sp³-hybridized carbons (Fsp3) is 0.222. The second-order valence-electron chi connectivity index (χ2n) is 3.79. The summed E-state index contributed by atoms with van der Waals surface area (Å²) in [4.78, 5) is 33.2. The lowest BCUT2D eigenvalue weighted by atomic mass is 10.4. The summed E-state index contributed by atoms with van der Waals surface area (Å²) in [7, 11) is 1.54. The maximum Gasteiger partial charge on any atom is 0.329 e. The molecule has 9 heteroatoms. The van der Waals surface area contributed by atoms with E-state index < -0.39 is 11.2 Å². The van der Waals surface area contributed by atoms with E-state index in [0.717, 1.165) is 10.6 Å². The molecule has 0 amide bonds. The third kappa shape index (κ3) is 1.40. The molecule has 0 aliphatic rings. The Balaban J connectivity index is 2.40. The van der Waals surface area contributed by atoms with Gasteiger partial charge in [-0.1, -0.05) is 4.49 Å². The molecule has 2 N–H and O–H groups in total. The van der Waals surface area contributed by atoms with E-state index >= 15 is 0 Å². The lowest BCUT2D eigenvalue weighted by Gasteiger charge is -1.94. The van der Waals surface area contributed by atoms with Crippen molar-refractivity contribution in [3.05, 3.63) is 26.5 Å². The Hall–Kier alpha value is -2.29. The number of nitrogens with one attached hydrogen (secondary N) is 2. The molecule has 0 saturated carbocycles. The normalized spacial score (nSPS) is 11.2. The van der Waals surface area contributed by atoms with Crippen LogP contribution < -0.4 is 11.2 Å². The largest absolute Gasteiger partial charge is 0.331 e. The van der Waals surface area contributed by atoms with Crippen LogP contribution in [0.15, 0.2) is 9.59 Å². The summed E-state index contributed by atoms with van der Waals surface area (Å²) in [6.07, 6.45) is 0. The van der Waals surface area contributed by atoms with Crippen molar-refractivity contribution < 1.29 is 0 Å². The van der Waals surface area contributed by atoms with Gasteiger partial charge < -0.3 is 4.98 Å². The average molecular weight is 264 g/mol. The van der Waals surface area contributed by atoms with Gasteiger partial charge in [-0.2, -0.15) is 0 Å². The van der Waals surface area contributed by atoms with E-state index in [1.165, 1.54) is 16.1 Å². The molecular formula is C9H8N6O2S. The maximum absolute atomic E-state index is 11.7.